The van der Waals surface area contributed by atoms with Crippen LogP contribution in [-0.4, -0.2) is 22.3 Å². The summed E-state index contributed by atoms with van der Waals surface area (Å²) in [6.45, 7) is 1.01. The van der Waals surface area contributed by atoms with E-state index in [0.717, 1.165) is 28.9 Å². The highest BCUT2D eigenvalue weighted by Crippen LogP contribution is 2.31. The van der Waals surface area contributed by atoms with Crippen molar-refractivity contribution < 1.29 is 18.0 Å². The molecular formula is C22H17ClF3N3O. The van der Waals surface area contributed by atoms with Gasteiger partial charge in [0.15, 0.2) is 0 Å². The van der Waals surface area contributed by atoms with Crippen molar-refractivity contribution in [2.45, 2.75) is 19.1 Å². The fourth-order valence-corrected chi connectivity index (χ4v) is 3.56. The largest absolute Gasteiger partial charge is 0.416 e. The molecule has 0 spiro atoms. The van der Waals surface area contributed by atoms with Crippen LogP contribution in [0.5, 0.6) is 0 Å². The first-order valence-electron chi connectivity index (χ1n) is 9.26. The smallest absolute Gasteiger partial charge is 0.356 e. The molecule has 1 N–H and O–H groups in total. The van der Waals surface area contributed by atoms with E-state index in [0.29, 0.717) is 35.9 Å². The van der Waals surface area contributed by atoms with Crippen LogP contribution in [0.25, 0.3) is 0 Å². The van der Waals surface area contributed by atoms with Crippen LogP contribution in [-0.2, 0) is 19.1 Å². The Kier molecular flexibility index (Phi) is 5.39. The van der Waals surface area contributed by atoms with Crippen molar-refractivity contribution in [3.63, 3.8) is 0 Å². The molecule has 1 amide bonds. The van der Waals surface area contributed by atoms with E-state index in [9.17, 15) is 18.0 Å². The van der Waals surface area contributed by atoms with Crippen LogP contribution in [0, 0.1) is 0 Å². The summed E-state index contributed by atoms with van der Waals surface area (Å²) < 4.78 is 38.1. The molecule has 0 bridgehead atoms. The number of halogens is 4. The normalized spacial score (nSPS) is 13.7. The minimum Gasteiger partial charge on any atom is -0.356 e. The Labute approximate surface area is 176 Å². The molecule has 3 aromatic rings. The van der Waals surface area contributed by atoms with Crippen LogP contribution < -0.4 is 5.32 Å². The topological polar surface area (TPSA) is 45.2 Å². The average molecular weight is 432 g/mol. The van der Waals surface area contributed by atoms with E-state index in [-0.39, 0.29) is 5.91 Å². The Morgan fingerprint density at radius 2 is 1.73 bits per heavy atom. The number of carbonyl (C=O) groups excluding carboxylic acids is 1. The number of anilines is 2. The Morgan fingerprint density at radius 1 is 1.00 bits per heavy atom. The summed E-state index contributed by atoms with van der Waals surface area (Å²) in [5.41, 5.74) is 3.10. The third-order valence-corrected chi connectivity index (χ3v) is 5.18. The Morgan fingerprint density at radius 3 is 2.43 bits per heavy atom. The van der Waals surface area contributed by atoms with E-state index >= 15 is 0 Å². The third kappa shape index (κ3) is 4.41. The minimum atomic E-state index is -4.35. The average Bonchev–Trinajstić information content (AvgIpc) is 2.72. The number of fused-ring (bicyclic) bond motifs is 1. The minimum absolute atomic E-state index is 0.171. The second-order valence-electron chi connectivity index (χ2n) is 7.02. The number of hydrogen-bond donors (Lipinski definition) is 1. The lowest BCUT2D eigenvalue weighted by molar-refractivity contribution is -0.137. The molecule has 154 valence electrons. The number of nitrogens with zero attached hydrogens (tertiary/aromatic N) is 2. The van der Waals surface area contributed by atoms with Crippen LogP contribution in [0.1, 0.15) is 27.2 Å². The predicted octanol–water partition coefficient (Wildman–Crippen LogP) is 5.70. The van der Waals surface area contributed by atoms with E-state index in [1.54, 1.807) is 17.0 Å². The Bertz CT molecular complexity index is 1080. The molecule has 1 aliphatic rings. The van der Waals surface area contributed by atoms with Gasteiger partial charge in [-0.25, -0.2) is 0 Å². The number of amides is 1. The van der Waals surface area contributed by atoms with Crippen molar-refractivity contribution in [1.29, 1.82) is 0 Å². The molecule has 0 fully saturated rings. The molecule has 1 aromatic heterocycles. The molecule has 4 nitrogen and oxygen atoms in total. The van der Waals surface area contributed by atoms with Gasteiger partial charge in [0.05, 0.1) is 5.56 Å². The second-order valence-corrected chi connectivity index (χ2v) is 7.46. The predicted molar refractivity (Wildman–Crippen MR) is 109 cm³/mol. The fraction of sp³-hybridized carbons (Fsp3) is 0.182. The standard InChI is InChI=1S/C22H17ClF3N3O/c23-17-7-9-27-20(12-17)21(30)29-10-8-14-11-19(4-1-15(14)13-29)28-18-5-2-16(3-6-18)22(24,25)26/h1-7,9,11-12,28H,8,10,13H2. The van der Waals surface area contributed by atoms with Crippen LogP contribution in [0.4, 0.5) is 24.5 Å². The first kappa shape index (κ1) is 20.2. The van der Waals surface area contributed by atoms with Crippen LogP contribution in [0.15, 0.2) is 60.8 Å². The third-order valence-electron chi connectivity index (χ3n) is 4.95. The number of alkyl halides is 3. The van der Waals surface area contributed by atoms with Crippen LogP contribution >= 0.6 is 11.6 Å². The number of nitrogens with one attached hydrogen (secondary N) is 1. The van der Waals surface area contributed by atoms with Crippen molar-refractivity contribution in [2.75, 3.05) is 11.9 Å². The quantitative estimate of drug-likeness (QED) is 0.579. The number of rotatable bonds is 3. The maximum Gasteiger partial charge on any atom is 0.416 e. The summed E-state index contributed by atoms with van der Waals surface area (Å²) in [7, 11) is 0. The fourth-order valence-electron chi connectivity index (χ4n) is 3.40. The molecule has 2 heterocycles. The zero-order chi connectivity index (χ0) is 21.3. The van der Waals surface area contributed by atoms with E-state index in [2.05, 4.69) is 10.3 Å². The van der Waals surface area contributed by atoms with Gasteiger partial charge in [-0.15, -0.1) is 0 Å². The highest BCUT2D eigenvalue weighted by atomic mass is 35.5. The van der Waals surface area contributed by atoms with Gasteiger partial charge >= 0.3 is 6.18 Å². The SMILES string of the molecule is O=C(c1cc(Cl)ccn1)N1CCc2cc(Nc3ccc(C(F)(F)F)cc3)ccc2C1. The lowest BCUT2D eigenvalue weighted by Gasteiger charge is -2.29. The molecule has 2 aromatic carbocycles. The van der Waals surface area contributed by atoms with Gasteiger partial charge in [-0.05, 0) is 66.1 Å². The second kappa shape index (κ2) is 7.99. The molecule has 0 atom stereocenters. The summed E-state index contributed by atoms with van der Waals surface area (Å²) in [4.78, 5) is 18.5. The van der Waals surface area contributed by atoms with Crippen molar-refractivity contribution in [2.24, 2.45) is 0 Å². The van der Waals surface area contributed by atoms with Gasteiger partial charge in [-0.2, -0.15) is 13.2 Å². The van der Waals surface area contributed by atoms with E-state index < -0.39 is 11.7 Å². The summed E-state index contributed by atoms with van der Waals surface area (Å²) in [5, 5.41) is 3.59. The van der Waals surface area contributed by atoms with Gasteiger partial charge in [-0.1, -0.05) is 17.7 Å². The van der Waals surface area contributed by atoms with Crippen molar-refractivity contribution in [1.82, 2.24) is 9.88 Å². The van der Waals surface area contributed by atoms with E-state index in [4.69, 9.17) is 11.6 Å². The van der Waals surface area contributed by atoms with E-state index in [1.165, 1.54) is 18.3 Å². The van der Waals surface area contributed by atoms with Crippen molar-refractivity contribution in [3.05, 3.63) is 88.2 Å². The number of benzene rings is 2. The molecule has 8 heteroatoms. The van der Waals surface area contributed by atoms with Gasteiger partial charge in [0, 0.05) is 35.7 Å². The number of aromatic nitrogens is 1. The molecule has 0 radical (unpaired) electrons. The molecule has 0 aliphatic carbocycles. The van der Waals surface area contributed by atoms with Gasteiger partial charge < -0.3 is 10.2 Å². The summed E-state index contributed by atoms with van der Waals surface area (Å²) in [6, 6.07) is 13.8. The van der Waals surface area contributed by atoms with Crippen molar-refractivity contribution >= 4 is 28.9 Å². The summed E-state index contributed by atoms with van der Waals surface area (Å²) in [6.07, 6.45) is -2.18. The molecule has 30 heavy (non-hydrogen) atoms. The van der Waals surface area contributed by atoms with Crippen LogP contribution in [0.2, 0.25) is 5.02 Å². The lowest BCUT2D eigenvalue weighted by atomic mass is 9.98. The van der Waals surface area contributed by atoms with Gasteiger partial charge in [0.1, 0.15) is 5.69 Å². The number of hydrogen-bond acceptors (Lipinski definition) is 3. The molecule has 1 aliphatic heterocycles. The summed E-state index contributed by atoms with van der Waals surface area (Å²) >= 11 is 5.95. The first-order chi connectivity index (χ1) is 14.3. The van der Waals surface area contributed by atoms with E-state index in [1.807, 2.05) is 18.2 Å². The summed E-state index contributed by atoms with van der Waals surface area (Å²) in [5.74, 6) is -0.171. The van der Waals surface area contributed by atoms with Crippen LogP contribution in [0.3, 0.4) is 0 Å². The lowest BCUT2D eigenvalue weighted by Crippen LogP contribution is -2.36. The molecule has 0 unspecified atom stereocenters. The highest BCUT2D eigenvalue weighted by molar-refractivity contribution is 6.30. The molecule has 4 rings (SSSR count). The molecule has 0 saturated heterocycles. The maximum absolute atomic E-state index is 12.7. The molecular weight excluding hydrogens is 415 g/mol. The van der Waals surface area contributed by atoms with Gasteiger partial charge in [0.25, 0.3) is 5.91 Å². The Balaban J connectivity index is 1.46. The first-order valence-corrected chi connectivity index (χ1v) is 9.64. The van der Waals surface area contributed by atoms with Gasteiger partial charge in [-0.3, -0.25) is 9.78 Å². The zero-order valence-electron chi connectivity index (χ0n) is 15.7. The van der Waals surface area contributed by atoms with Gasteiger partial charge in [0.2, 0.25) is 0 Å². The maximum atomic E-state index is 12.7. The highest BCUT2D eigenvalue weighted by Gasteiger charge is 2.30. The molecule has 0 saturated carbocycles. The number of carbonyl (C=O) groups is 1. The monoisotopic (exact) mass is 431 g/mol. The number of pyridine rings is 1. The zero-order valence-corrected chi connectivity index (χ0v) is 16.5. The Hall–Kier alpha value is -3.06. The van der Waals surface area contributed by atoms with Crippen molar-refractivity contribution in [3.8, 4) is 0 Å².